The number of amides is 1. The first-order chi connectivity index (χ1) is 6.30. The van der Waals surface area contributed by atoms with E-state index in [0.29, 0.717) is 0 Å². The molecule has 1 fully saturated rings. The number of carbonyl (C=O) groups is 1. The molecule has 2 atom stereocenters. The summed E-state index contributed by atoms with van der Waals surface area (Å²) < 4.78 is 41.4. The third kappa shape index (κ3) is 1.83. The third-order valence-corrected chi connectivity index (χ3v) is 1.94. The van der Waals surface area contributed by atoms with Crippen molar-refractivity contribution in [3.63, 3.8) is 0 Å². The number of aliphatic hydroxyl groups is 1. The molecule has 0 spiro atoms. The molecule has 0 saturated carbocycles. The number of alkyl halides is 3. The molecular formula is C7H10F3NO3. The molecule has 1 rings (SSSR count). The van der Waals surface area contributed by atoms with Crippen LogP contribution in [-0.4, -0.2) is 35.6 Å². The zero-order valence-electron chi connectivity index (χ0n) is 7.39. The zero-order chi connectivity index (χ0) is 11.0. The van der Waals surface area contributed by atoms with Crippen molar-refractivity contribution in [1.29, 1.82) is 0 Å². The molecule has 0 aromatic rings. The monoisotopic (exact) mass is 213 g/mol. The van der Waals surface area contributed by atoms with Crippen molar-refractivity contribution in [3.8, 4) is 0 Å². The van der Waals surface area contributed by atoms with Crippen molar-refractivity contribution >= 4 is 5.91 Å². The molecule has 1 aliphatic rings. The van der Waals surface area contributed by atoms with Gasteiger partial charge in [0.1, 0.15) is 6.10 Å². The van der Waals surface area contributed by atoms with Crippen LogP contribution in [-0.2, 0) is 9.53 Å². The molecule has 0 aliphatic carbocycles. The van der Waals surface area contributed by atoms with Crippen molar-refractivity contribution < 1.29 is 27.8 Å². The fourth-order valence-corrected chi connectivity index (χ4v) is 1.22. The first-order valence-corrected chi connectivity index (χ1v) is 4.03. The molecule has 2 N–H and O–H groups in total. The second-order valence-corrected chi connectivity index (χ2v) is 3.00. The summed E-state index contributed by atoms with van der Waals surface area (Å²) in [5, 5.41) is 10.5. The van der Waals surface area contributed by atoms with Gasteiger partial charge >= 0.3 is 6.18 Å². The molecule has 1 heterocycles. The third-order valence-electron chi connectivity index (χ3n) is 1.94. The summed E-state index contributed by atoms with van der Waals surface area (Å²) in [4.78, 5) is 10.9. The molecule has 1 amide bonds. The van der Waals surface area contributed by atoms with Gasteiger partial charge in [-0.05, 0) is 6.92 Å². The average Bonchev–Trinajstić information content (AvgIpc) is 2.27. The molecular weight excluding hydrogens is 203 g/mol. The predicted molar refractivity (Wildman–Crippen MR) is 39.2 cm³/mol. The highest BCUT2D eigenvalue weighted by Gasteiger charge is 2.61. The number of halogens is 3. The number of rotatable bonds is 2. The van der Waals surface area contributed by atoms with Gasteiger partial charge < -0.3 is 15.2 Å². The first kappa shape index (κ1) is 11.3. The Hall–Kier alpha value is -0.820. The van der Waals surface area contributed by atoms with Gasteiger partial charge in [-0.25, -0.2) is 0 Å². The Bertz CT molecular complexity index is 243. The van der Waals surface area contributed by atoms with Gasteiger partial charge in [-0.3, -0.25) is 4.79 Å². The minimum absolute atomic E-state index is 0.117. The summed E-state index contributed by atoms with van der Waals surface area (Å²) in [7, 11) is 0. The van der Waals surface area contributed by atoms with Crippen molar-refractivity contribution in [1.82, 2.24) is 5.32 Å². The van der Waals surface area contributed by atoms with E-state index >= 15 is 0 Å². The standard InChI is InChI=1S/C7H10F3NO3/c1-2-14-4-3-6(13,7(8,9)10)11-5(4)12/h4,13H,2-3H2,1H3,(H,11,12)/t4?,6-/m0/s1. The SMILES string of the molecule is CCOC1C[C@](O)(C(F)(F)F)NC1=O. The lowest BCUT2D eigenvalue weighted by atomic mass is 10.1. The topological polar surface area (TPSA) is 58.6 Å². The summed E-state index contributed by atoms with van der Waals surface area (Å²) in [5.74, 6) is -0.938. The lowest BCUT2D eigenvalue weighted by molar-refractivity contribution is -0.268. The van der Waals surface area contributed by atoms with Crippen LogP contribution >= 0.6 is 0 Å². The fourth-order valence-electron chi connectivity index (χ4n) is 1.22. The molecule has 0 aromatic heterocycles. The molecule has 1 saturated heterocycles. The van der Waals surface area contributed by atoms with Crippen LogP contribution in [0.2, 0.25) is 0 Å². The van der Waals surface area contributed by atoms with Crippen molar-refractivity contribution in [2.75, 3.05) is 6.61 Å². The maximum absolute atomic E-state index is 12.2. The van der Waals surface area contributed by atoms with Crippen LogP contribution in [0.25, 0.3) is 0 Å². The second kappa shape index (κ2) is 3.39. The van der Waals surface area contributed by atoms with Gasteiger partial charge in [0.2, 0.25) is 5.72 Å². The van der Waals surface area contributed by atoms with Gasteiger partial charge in [-0.1, -0.05) is 0 Å². The van der Waals surface area contributed by atoms with Crippen LogP contribution in [0.1, 0.15) is 13.3 Å². The van der Waals surface area contributed by atoms with Gasteiger partial charge in [0.25, 0.3) is 5.91 Å². The van der Waals surface area contributed by atoms with Crippen LogP contribution in [0.4, 0.5) is 13.2 Å². The fraction of sp³-hybridized carbons (Fsp3) is 0.857. The maximum Gasteiger partial charge on any atom is 0.436 e. The number of hydrogen-bond acceptors (Lipinski definition) is 3. The Morgan fingerprint density at radius 2 is 2.29 bits per heavy atom. The van der Waals surface area contributed by atoms with E-state index in [0.717, 1.165) is 0 Å². The molecule has 82 valence electrons. The van der Waals surface area contributed by atoms with Crippen LogP contribution < -0.4 is 5.32 Å². The second-order valence-electron chi connectivity index (χ2n) is 3.00. The van der Waals surface area contributed by atoms with E-state index in [4.69, 9.17) is 9.84 Å². The summed E-state index contributed by atoms with van der Waals surface area (Å²) in [5.41, 5.74) is -3.15. The van der Waals surface area contributed by atoms with E-state index in [1.165, 1.54) is 5.32 Å². The number of carbonyl (C=O) groups excluding carboxylic acids is 1. The van der Waals surface area contributed by atoms with Gasteiger partial charge in [0, 0.05) is 13.0 Å². The number of nitrogens with one attached hydrogen (secondary N) is 1. The van der Waals surface area contributed by atoms with E-state index < -0.39 is 30.3 Å². The Morgan fingerprint density at radius 3 is 2.64 bits per heavy atom. The highest BCUT2D eigenvalue weighted by Crippen LogP contribution is 2.35. The Morgan fingerprint density at radius 1 is 1.71 bits per heavy atom. The highest BCUT2D eigenvalue weighted by molar-refractivity contribution is 5.84. The molecule has 0 aromatic carbocycles. The minimum atomic E-state index is -4.88. The molecule has 1 unspecified atom stereocenters. The van der Waals surface area contributed by atoms with Crippen LogP contribution in [0.3, 0.4) is 0 Å². The quantitative estimate of drug-likeness (QED) is 0.687. The summed E-state index contributed by atoms with van der Waals surface area (Å²) in [6.45, 7) is 1.67. The van der Waals surface area contributed by atoms with Crippen LogP contribution in [0, 0.1) is 0 Å². The lowest BCUT2D eigenvalue weighted by Gasteiger charge is -2.24. The van der Waals surface area contributed by atoms with Gasteiger partial charge in [-0.15, -0.1) is 0 Å². The lowest BCUT2D eigenvalue weighted by Crippen LogP contribution is -2.53. The molecule has 7 heteroatoms. The van der Waals surface area contributed by atoms with E-state index in [1.807, 2.05) is 0 Å². The van der Waals surface area contributed by atoms with Crippen LogP contribution in [0.15, 0.2) is 0 Å². The zero-order valence-corrected chi connectivity index (χ0v) is 7.39. The maximum atomic E-state index is 12.2. The Labute approximate surface area is 78.0 Å². The van der Waals surface area contributed by atoms with Crippen molar-refractivity contribution in [2.24, 2.45) is 0 Å². The van der Waals surface area contributed by atoms with E-state index in [1.54, 1.807) is 6.92 Å². The normalized spacial score (nSPS) is 33.2. The van der Waals surface area contributed by atoms with E-state index in [2.05, 4.69) is 0 Å². The molecule has 4 nitrogen and oxygen atoms in total. The predicted octanol–water partition coefficient (Wildman–Crippen LogP) is 0.162. The summed E-state index contributed by atoms with van der Waals surface area (Å²) in [6.07, 6.45) is -6.91. The molecule has 1 aliphatic heterocycles. The van der Waals surface area contributed by atoms with Crippen molar-refractivity contribution in [2.45, 2.75) is 31.3 Å². The van der Waals surface area contributed by atoms with Crippen LogP contribution in [0.5, 0.6) is 0 Å². The number of hydrogen-bond donors (Lipinski definition) is 2. The largest absolute Gasteiger partial charge is 0.436 e. The highest BCUT2D eigenvalue weighted by atomic mass is 19.4. The Kier molecular flexibility index (Phi) is 2.73. The van der Waals surface area contributed by atoms with Gasteiger partial charge in [0.15, 0.2) is 0 Å². The van der Waals surface area contributed by atoms with Gasteiger partial charge in [0.05, 0.1) is 0 Å². The van der Waals surface area contributed by atoms with E-state index in [9.17, 15) is 18.0 Å². The Balaban J connectivity index is 2.75. The smallest absolute Gasteiger partial charge is 0.368 e. The molecule has 14 heavy (non-hydrogen) atoms. The number of ether oxygens (including phenoxy) is 1. The minimum Gasteiger partial charge on any atom is -0.368 e. The first-order valence-electron chi connectivity index (χ1n) is 4.03. The summed E-state index contributed by atoms with van der Waals surface area (Å²) in [6, 6.07) is 0. The van der Waals surface area contributed by atoms with Crippen molar-refractivity contribution in [3.05, 3.63) is 0 Å². The van der Waals surface area contributed by atoms with E-state index in [-0.39, 0.29) is 6.61 Å². The molecule has 0 radical (unpaired) electrons. The summed E-state index contributed by atoms with van der Waals surface area (Å²) >= 11 is 0. The average molecular weight is 213 g/mol. The van der Waals surface area contributed by atoms with Gasteiger partial charge in [-0.2, -0.15) is 13.2 Å². The molecule has 0 bridgehead atoms.